The number of methoxy groups -OCH3 is 3. The summed E-state index contributed by atoms with van der Waals surface area (Å²) in [7, 11) is 4.61. The second kappa shape index (κ2) is 8.65. The van der Waals surface area contributed by atoms with Gasteiger partial charge in [-0.25, -0.2) is 0 Å². The Hall–Kier alpha value is -3.22. The van der Waals surface area contributed by atoms with Crippen LogP contribution in [0.3, 0.4) is 0 Å². The van der Waals surface area contributed by atoms with Gasteiger partial charge in [-0.05, 0) is 36.2 Å². The molecule has 1 unspecified atom stereocenters. The van der Waals surface area contributed by atoms with Gasteiger partial charge in [0.05, 0.1) is 21.3 Å². The monoisotopic (exact) mass is 384 g/mol. The van der Waals surface area contributed by atoms with E-state index in [0.717, 1.165) is 11.3 Å². The maximum absolute atomic E-state index is 12.7. The van der Waals surface area contributed by atoms with Crippen molar-refractivity contribution < 1.29 is 23.8 Å². The largest absolute Gasteiger partial charge is 0.493 e. The minimum atomic E-state index is -0.678. The molecule has 7 nitrogen and oxygen atoms in total. The van der Waals surface area contributed by atoms with E-state index >= 15 is 0 Å². The molecular weight excluding hydrogens is 360 g/mol. The van der Waals surface area contributed by atoms with Crippen LogP contribution in [0, 0.1) is 5.92 Å². The van der Waals surface area contributed by atoms with Crippen molar-refractivity contribution in [2.75, 3.05) is 32.8 Å². The Labute approximate surface area is 164 Å². The van der Waals surface area contributed by atoms with Crippen LogP contribution in [0.2, 0.25) is 0 Å². The molecule has 7 heteroatoms. The summed E-state index contributed by atoms with van der Waals surface area (Å²) in [6.45, 7) is 0.787. The van der Waals surface area contributed by atoms with Crippen LogP contribution >= 0.6 is 0 Å². The van der Waals surface area contributed by atoms with Crippen molar-refractivity contribution in [2.24, 2.45) is 5.92 Å². The average molecular weight is 384 g/mol. The van der Waals surface area contributed by atoms with Crippen LogP contribution in [-0.4, -0.2) is 39.7 Å². The normalized spacial score (nSPS) is 16.0. The number of hydrogen-bond acceptors (Lipinski definition) is 5. The number of nitrogens with one attached hydrogen (secondary N) is 1. The molecule has 0 aliphatic carbocycles. The number of para-hydroxylation sites is 1. The fourth-order valence-electron chi connectivity index (χ4n) is 3.34. The highest BCUT2D eigenvalue weighted by molar-refractivity contribution is 6.09. The highest BCUT2D eigenvalue weighted by atomic mass is 16.5. The minimum absolute atomic E-state index is 0.173. The molecule has 1 atom stereocenters. The predicted octanol–water partition coefficient (Wildman–Crippen LogP) is 2.38. The van der Waals surface area contributed by atoms with Gasteiger partial charge >= 0.3 is 0 Å². The quantitative estimate of drug-likeness (QED) is 0.742. The third-order valence-electron chi connectivity index (χ3n) is 4.78. The second-order valence-electron chi connectivity index (χ2n) is 6.42. The lowest BCUT2D eigenvalue weighted by atomic mass is 10.1. The van der Waals surface area contributed by atoms with Crippen molar-refractivity contribution in [3.63, 3.8) is 0 Å². The zero-order valence-corrected chi connectivity index (χ0v) is 16.2. The lowest BCUT2D eigenvalue weighted by Crippen LogP contribution is -2.36. The lowest BCUT2D eigenvalue weighted by molar-refractivity contribution is -0.132. The third-order valence-corrected chi connectivity index (χ3v) is 4.78. The SMILES string of the molecule is COc1cc(CNC(=O)C2CCN(c3ccccc3)C2=O)cc(OC)c1OC. The molecule has 0 bridgehead atoms. The van der Waals surface area contributed by atoms with Gasteiger partial charge in [0.15, 0.2) is 11.5 Å². The zero-order chi connectivity index (χ0) is 20.1. The van der Waals surface area contributed by atoms with E-state index in [1.54, 1.807) is 17.0 Å². The maximum Gasteiger partial charge on any atom is 0.239 e. The topological polar surface area (TPSA) is 77.1 Å². The Bertz CT molecular complexity index is 828. The molecule has 3 rings (SSSR count). The first kappa shape index (κ1) is 19.5. The molecule has 1 aliphatic rings. The highest BCUT2D eigenvalue weighted by Crippen LogP contribution is 2.38. The molecule has 1 aliphatic heterocycles. The molecule has 1 N–H and O–H groups in total. The average Bonchev–Trinajstić information content (AvgIpc) is 3.13. The molecule has 1 saturated heterocycles. The Morgan fingerprint density at radius 1 is 1.07 bits per heavy atom. The number of ether oxygens (including phenoxy) is 3. The van der Waals surface area contributed by atoms with Crippen LogP contribution < -0.4 is 24.4 Å². The number of carbonyl (C=O) groups is 2. The predicted molar refractivity (Wildman–Crippen MR) is 105 cm³/mol. The molecule has 1 fully saturated rings. The van der Waals surface area contributed by atoms with Crippen molar-refractivity contribution in [3.05, 3.63) is 48.0 Å². The molecule has 0 aromatic heterocycles. The molecule has 28 heavy (non-hydrogen) atoms. The van der Waals surface area contributed by atoms with Gasteiger partial charge in [-0.2, -0.15) is 0 Å². The van der Waals surface area contributed by atoms with E-state index in [9.17, 15) is 9.59 Å². The van der Waals surface area contributed by atoms with Gasteiger partial charge in [-0.1, -0.05) is 18.2 Å². The summed E-state index contributed by atoms with van der Waals surface area (Å²) in [6, 6.07) is 12.9. The Morgan fingerprint density at radius 3 is 2.29 bits per heavy atom. The van der Waals surface area contributed by atoms with E-state index in [-0.39, 0.29) is 18.4 Å². The minimum Gasteiger partial charge on any atom is -0.493 e. The van der Waals surface area contributed by atoms with E-state index in [1.165, 1.54) is 21.3 Å². The van der Waals surface area contributed by atoms with Gasteiger partial charge in [0, 0.05) is 18.8 Å². The van der Waals surface area contributed by atoms with E-state index in [2.05, 4.69) is 5.32 Å². The van der Waals surface area contributed by atoms with Gasteiger partial charge in [-0.15, -0.1) is 0 Å². The number of nitrogens with zero attached hydrogens (tertiary/aromatic N) is 1. The molecule has 1 heterocycles. The molecule has 2 aromatic rings. The molecule has 0 spiro atoms. The van der Waals surface area contributed by atoms with Crippen LogP contribution in [0.5, 0.6) is 17.2 Å². The van der Waals surface area contributed by atoms with Crippen molar-refractivity contribution in [1.29, 1.82) is 0 Å². The first-order chi connectivity index (χ1) is 13.6. The standard InChI is InChI=1S/C21H24N2O5/c1-26-17-11-14(12-18(27-2)19(17)28-3)13-22-20(24)16-9-10-23(21(16)25)15-7-5-4-6-8-15/h4-8,11-12,16H,9-10,13H2,1-3H3,(H,22,24). The molecule has 0 radical (unpaired) electrons. The van der Waals surface area contributed by atoms with Crippen LogP contribution in [0.1, 0.15) is 12.0 Å². The van der Waals surface area contributed by atoms with Crippen molar-refractivity contribution in [3.8, 4) is 17.2 Å². The van der Waals surface area contributed by atoms with Crippen LogP contribution in [0.25, 0.3) is 0 Å². The summed E-state index contributed by atoms with van der Waals surface area (Å²) in [5, 5.41) is 2.85. The highest BCUT2D eigenvalue weighted by Gasteiger charge is 2.37. The summed E-state index contributed by atoms with van der Waals surface area (Å²) >= 11 is 0. The molecular formula is C21H24N2O5. The van der Waals surface area contributed by atoms with Crippen molar-refractivity contribution in [2.45, 2.75) is 13.0 Å². The van der Waals surface area contributed by atoms with Gasteiger partial charge < -0.3 is 24.4 Å². The van der Waals surface area contributed by atoms with E-state index in [4.69, 9.17) is 14.2 Å². The van der Waals surface area contributed by atoms with E-state index in [1.807, 2.05) is 30.3 Å². The maximum atomic E-state index is 12.7. The lowest BCUT2D eigenvalue weighted by Gasteiger charge is -2.17. The number of rotatable bonds is 7. The van der Waals surface area contributed by atoms with Crippen LogP contribution in [0.15, 0.2) is 42.5 Å². The smallest absolute Gasteiger partial charge is 0.239 e. The van der Waals surface area contributed by atoms with Crippen molar-refractivity contribution in [1.82, 2.24) is 5.32 Å². The zero-order valence-electron chi connectivity index (χ0n) is 16.2. The second-order valence-corrected chi connectivity index (χ2v) is 6.42. The van der Waals surface area contributed by atoms with Gasteiger partial charge in [0.1, 0.15) is 5.92 Å². The number of hydrogen-bond donors (Lipinski definition) is 1. The summed E-state index contributed by atoms with van der Waals surface area (Å²) in [6.07, 6.45) is 0.495. The number of anilines is 1. The number of amides is 2. The number of benzene rings is 2. The van der Waals surface area contributed by atoms with Gasteiger partial charge in [0.2, 0.25) is 17.6 Å². The molecule has 2 amide bonds. The number of carbonyl (C=O) groups excluding carboxylic acids is 2. The van der Waals surface area contributed by atoms with Gasteiger partial charge in [-0.3, -0.25) is 9.59 Å². The molecule has 0 saturated carbocycles. The summed E-state index contributed by atoms with van der Waals surface area (Å²) in [5.74, 6) is 0.383. The van der Waals surface area contributed by atoms with Gasteiger partial charge in [0.25, 0.3) is 0 Å². The van der Waals surface area contributed by atoms with Crippen LogP contribution in [-0.2, 0) is 16.1 Å². The third kappa shape index (κ3) is 3.88. The Kier molecular flexibility index (Phi) is 6.03. The van der Waals surface area contributed by atoms with Crippen molar-refractivity contribution >= 4 is 17.5 Å². The van der Waals surface area contributed by atoms with Crippen LogP contribution in [0.4, 0.5) is 5.69 Å². The summed E-state index contributed by atoms with van der Waals surface area (Å²) in [5.41, 5.74) is 1.60. The fourth-order valence-corrected chi connectivity index (χ4v) is 3.34. The Morgan fingerprint density at radius 2 is 1.71 bits per heavy atom. The first-order valence-corrected chi connectivity index (χ1v) is 9.02. The molecule has 148 valence electrons. The van der Waals surface area contributed by atoms with E-state index < -0.39 is 5.92 Å². The Balaban J connectivity index is 1.67. The summed E-state index contributed by atoms with van der Waals surface area (Å²) < 4.78 is 16.0. The fraction of sp³-hybridized carbons (Fsp3) is 0.333. The van der Waals surface area contributed by atoms with E-state index in [0.29, 0.717) is 30.2 Å². The first-order valence-electron chi connectivity index (χ1n) is 9.02. The summed E-state index contributed by atoms with van der Waals surface area (Å²) in [4.78, 5) is 26.9. The molecule has 2 aromatic carbocycles.